The predicted molar refractivity (Wildman–Crippen MR) is 117 cm³/mol. The number of halogens is 2. The maximum absolute atomic E-state index is 6.57. The smallest absolute Gasteiger partial charge is 0.146 e. The Kier molecular flexibility index (Phi) is 5.17. The van der Waals surface area contributed by atoms with Gasteiger partial charge in [0.05, 0.1) is 5.69 Å². The number of nitrogens with one attached hydrogen (secondary N) is 1. The monoisotopic (exact) mass is 416 g/mol. The van der Waals surface area contributed by atoms with Crippen LogP contribution in [0, 0.1) is 0 Å². The highest BCUT2D eigenvalue weighted by Crippen LogP contribution is 2.49. The third-order valence-corrected chi connectivity index (χ3v) is 6.92. The highest BCUT2D eigenvalue weighted by atomic mass is 35.5. The van der Waals surface area contributed by atoms with E-state index < -0.39 is 0 Å². The van der Waals surface area contributed by atoms with Crippen molar-refractivity contribution in [2.24, 2.45) is 0 Å². The minimum atomic E-state index is 0.290. The largest absolute Gasteiger partial charge is 0.487 e. The van der Waals surface area contributed by atoms with Gasteiger partial charge < -0.3 is 15.0 Å². The lowest BCUT2D eigenvalue weighted by molar-refractivity contribution is 0.172. The Morgan fingerprint density at radius 2 is 1.82 bits per heavy atom. The van der Waals surface area contributed by atoms with Crippen LogP contribution < -0.4 is 15.0 Å². The van der Waals surface area contributed by atoms with Gasteiger partial charge in [0.2, 0.25) is 0 Å². The van der Waals surface area contributed by atoms with Gasteiger partial charge in [-0.3, -0.25) is 0 Å². The van der Waals surface area contributed by atoms with Crippen LogP contribution in [0.4, 0.5) is 5.69 Å². The molecule has 3 nitrogen and oxygen atoms in total. The highest BCUT2D eigenvalue weighted by Gasteiger charge is 2.38. The third-order valence-electron chi connectivity index (χ3n) is 6.37. The lowest BCUT2D eigenvalue weighted by atomic mass is 9.88. The number of ether oxygens (including phenoxy) is 1. The second kappa shape index (κ2) is 7.78. The Morgan fingerprint density at radius 1 is 1.00 bits per heavy atom. The quantitative estimate of drug-likeness (QED) is 0.661. The van der Waals surface area contributed by atoms with Crippen molar-refractivity contribution in [1.29, 1.82) is 0 Å². The number of benzene rings is 2. The molecule has 0 radical (unpaired) electrons. The summed E-state index contributed by atoms with van der Waals surface area (Å²) in [5, 5.41) is 4.92. The molecule has 0 amide bonds. The van der Waals surface area contributed by atoms with E-state index in [4.69, 9.17) is 27.9 Å². The summed E-state index contributed by atoms with van der Waals surface area (Å²) >= 11 is 12.7. The predicted octanol–water partition coefficient (Wildman–Crippen LogP) is 5.88. The van der Waals surface area contributed by atoms with Crippen molar-refractivity contribution in [2.75, 3.05) is 31.1 Å². The molecule has 3 aliphatic heterocycles. The minimum absolute atomic E-state index is 0.290. The van der Waals surface area contributed by atoms with E-state index in [2.05, 4.69) is 22.3 Å². The number of rotatable bonds is 2. The van der Waals surface area contributed by atoms with Crippen molar-refractivity contribution in [3.05, 3.63) is 45.9 Å². The van der Waals surface area contributed by atoms with Gasteiger partial charge in [0, 0.05) is 46.7 Å². The van der Waals surface area contributed by atoms with Gasteiger partial charge in [-0.1, -0.05) is 42.1 Å². The molecule has 148 valence electrons. The molecule has 2 saturated heterocycles. The number of hydrogen-bond acceptors (Lipinski definition) is 3. The first kappa shape index (κ1) is 18.6. The molecule has 28 heavy (non-hydrogen) atoms. The molecule has 0 bridgehead atoms. The van der Waals surface area contributed by atoms with Crippen LogP contribution in [0.5, 0.6) is 5.75 Å². The SMILES string of the molecule is Clc1ccc(-c2cc3c(c(N4CCCCCC4)c2)O[C@H]2CCNC[C@@H]32)c(Cl)c1. The molecule has 0 spiro atoms. The van der Waals surface area contributed by atoms with Gasteiger partial charge in [0.25, 0.3) is 0 Å². The molecule has 3 heterocycles. The normalized spacial score (nSPS) is 24.3. The molecule has 3 aliphatic rings. The molecule has 0 aromatic heterocycles. The average molecular weight is 417 g/mol. The fourth-order valence-corrected chi connectivity index (χ4v) is 5.42. The van der Waals surface area contributed by atoms with Crippen LogP contribution >= 0.6 is 23.2 Å². The first-order valence-electron chi connectivity index (χ1n) is 10.5. The number of hydrogen-bond donors (Lipinski definition) is 1. The van der Waals surface area contributed by atoms with Crippen molar-refractivity contribution in [3.63, 3.8) is 0 Å². The fourth-order valence-electron chi connectivity index (χ4n) is 4.90. The average Bonchev–Trinajstić information content (AvgIpc) is 2.87. The molecule has 0 unspecified atom stereocenters. The van der Waals surface area contributed by atoms with Crippen LogP contribution in [0.3, 0.4) is 0 Å². The molecule has 2 aromatic carbocycles. The number of fused-ring (bicyclic) bond motifs is 3. The van der Waals surface area contributed by atoms with Crippen molar-refractivity contribution in [2.45, 2.75) is 44.1 Å². The third kappa shape index (κ3) is 3.38. The summed E-state index contributed by atoms with van der Waals surface area (Å²) in [6.07, 6.45) is 6.48. The van der Waals surface area contributed by atoms with E-state index in [1.807, 2.05) is 18.2 Å². The molecule has 0 saturated carbocycles. The van der Waals surface area contributed by atoms with E-state index in [1.54, 1.807) is 0 Å². The van der Waals surface area contributed by atoms with E-state index in [9.17, 15) is 0 Å². The topological polar surface area (TPSA) is 24.5 Å². The number of anilines is 1. The first-order valence-corrected chi connectivity index (χ1v) is 11.2. The Morgan fingerprint density at radius 3 is 2.61 bits per heavy atom. The second-order valence-corrected chi connectivity index (χ2v) is 9.04. The van der Waals surface area contributed by atoms with Gasteiger partial charge in [-0.25, -0.2) is 0 Å². The van der Waals surface area contributed by atoms with Gasteiger partial charge in [-0.15, -0.1) is 0 Å². The summed E-state index contributed by atoms with van der Waals surface area (Å²) in [5.74, 6) is 1.52. The molecule has 2 fully saturated rings. The van der Waals surface area contributed by atoms with E-state index in [1.165, 1.54) is 36.9 Å². The maximum Gasteiger partial charge on any atom is 0.146 e. The zero-order valence-electron chi connectivity index (χ0n) is 16.0. The second-order valence-electron chi connectivity index (χ2n) is 8.19. The van der Waals surface area contributed by atoms with Gasteiger partial charge in [0.1, 0.15) is 11.9 Å². The van der Waals surface area contributed by atoms with Crippen LogP contribution in [0.1, 0.15) is 43.6 Å². The van der Waals surface area contributed by atoms with Crippen LogP contribution in [0.25, 0.3) is 11.1 Å². The summed E-state index contributed by atoms with van der Waals surface area (Å²) < 4.78 is 6.54. The van der Waals surface area contributed by atoms with Crippen molar-refractivity contribution in [1.82, 2.24) is 5.32 Å². The zero-order valence-corrected chi connectivity index (χ0v) is 17.5. The molecular weight excluding hydrogens is 391 g/mol. The molecule has 5 heteroatoms. The molecule has 5 rings (SSSR count). The Labute approximate surface area is 177 Å². The number of nitrogens with zero attached hydrogens (tertiary/aromatic N) is 1. The number of piperidine rings is 1. The van der Waals surface area contributed by atoms with Gasteiger partial charge in [-0.05, 0) is 55.6 Å². The first-order chi connectivity index (χ1) is 13.7. The van der Waals surface area contributed by atoms with E-state index >= 15 is 0 Å². The van der Waals surface area contributed by atoms with Gasteiger partial charge >= 0.3 is 0 Å². The standard InChI is InChI=1S/C23H26Cl2N2O/c24-16-5-6-17(20(25)13-16)15-11-18-19-14-26-8-7-22(19)28-23(18)21(12-15)27-9-3-1-2-4-10-27/h5-6,11-13,19,22,26H,1-4,7-10,14H2/t19-,22-/m0/s1. The Hall–Kier alpha value is -1.42. The Bertz CT molecular complexity index is 877. The van der Waals surface area contributed by atoms with E-state index in [0.717, 1.165) is 49.5 Å². The van der Waals surface area contributed by atoms with Crippen LogP contribution in [-0.2, 0) is 0 Å². The van der Waals surface area contributed by atoms with Crippen molar-refractivity contribution >= 4 is 28.9 Å². The lowest BCUT2D eigenvalue weighted by Gasteiger charge is -2.26. The molecular formula is C23H26Cl2N2O. The zero-order chi connectivity index (χ0) is 19.1. The lowest BCUT2D eigenvalue weighted by Crippen LogP contribution is -2.37. The van der Waals surface area contributed by atoms with Gasteiger partial charge in [-0.2, -0.15) is 0 Å². The molecule has 2 atom stereocenters. The molecule has 1 N–H and O–H groups in total. The minimum Gasteiger partial charge on any atom is -0.487 e. The maximum atomic E-state index is 6.57. The summed E-state index contributed by atoms with van der Waals surface area (Å²) in [6, 6.07) is 10.4. The van der Waals surface area contributed by atoms with E-state index in [0.29, 0.717) is 16.0 Å². The van der Waals surface area contributed by atoms with Crippen LogP contribution in [-0.4, -0.2) is 32.3 Å². The molecule has 0 aliphatic carbocycles. The van der Waals surface area contributed by atoms with Crippen LogP contribution in [0.2, 0.25) is 10.0 Å². The summed E-state index contributed by atoms with van der Waals surface area (Å²) in [5.41, 5.74) is 4.78. The summed E-state index contributed by atoms with van der Waals surface area (Å²) in [4.78, 5) is 2.53. The summed E-state index contributed by atoms with van der Waals surface area (Å²) in [6.45, 7) is 4.21. The summed E-state index contributed by atoms with van der Waals surface area (Å²) in [7, 11) is 0. The fraction of sp³-hybridized carbons (Fsp3) is 0.478. The highest BCUT2D eigenvalue weighted by molar-refractivity contribution is 6.36. The Balaban J connectivity index is 1.64. The van der Waals surface area contributed by atoms with Crippen molar-refractivity contribution in [3.8, 4) is 16.9 Å². The molecule has 2 aromatic rings. The van der Waals surface area contributed by atoms with E-state index in [-0.39, 0.29) is 6.10 Å². The van der Waals surface area contributed by atoms with Crippen molar-refractivity contribution < 1.29 is 4.74 Å². The van der Waals surface area contributed by atoms with Crippen LogP contribution in [0.15, 0.2) is 30.3 Å². The van der Waals surface area contributed by atoms with Gasteiger partial charge in [0.15, 0.2) is 0 Å².